The SMILES string of the molecule is O=S(=O)(c1ccc(COc2cccc(CO)c2)cc1)C(F)F. The monoisotopic (exact) mass is 328 g/mol. The zero-order valence-electron chi connectivity index (χ0n) is 11.4. The largest absolute Gasteiger partial charge is 0.489 e. The van der Waals surface area contributed by atoms with E-state index in [0.29, 0.717) is 16.9 Å². The number of sulfone groups is 1. The van der Waals surface area contributed by atoms with Gasteiger partial charge in [0.2, 0.25) is 9.84 Å². The third-order valence-corrected chi connectivity index (χ3v) is 4.37. The summed E-state index contributed by atoms with van der Waals surface area (Å²) in [6, 6.07) is 12.0. The maximum Gasteiger partial charge on any atom is 0.341 e. The Morgan fingerprint density at radius 2 is 1.73 bits per heavy atom. The lowest BCUT2D eigenvalue weighted by atomic mass is 10.2. The number of aliphatic hydroxyl groups excluding tert-OH is 1. The number of benzene rings is 2. The van der Waals surface area contributed by atoms with Crippen LogP contribution < -0.4 is 4.74 Å². The van der Waals surface area contributed by atoms with Crippen LogP contribution in [0, 0.1) is 0 Å². The molecule has 0 aliphatic carbocycles. The van der Waals surface area contributed by atoms with Crippen molar-refractivity contribution in [2.45, 2.75) is 23.9 Å². The normalized spacial score (nSPS) is 11.6. The minimum atomic E-state index is -4.57. The van der Waals surface area contributed by atoms with Gasteiger partial charge in [0.15, 0.2) is 0 Å². The summed E-state index contributed by atoms with van der Waals surface area (Å²) in [5, 5.41) is 9.03. The number of alkyl halides is 2. The average Bonchev–Trinajstić information content (AvgIpc) is 2.53. The summed E-state index contributed by atoms with van der Waals surface area (Å²) in [6.45, 7) is 0.0568. The van der Waals surface area contributed by atoms with Crippen LogP contribution in [0.3, 0.4) is 0 Å². The molecule has 4 nitrogen and oxygen atoms in total. The van der Waals surface area contributed by atoms with Crippen molar-refractivity contribution < 1.29 is 27.0 Å². The highest BCUT2D eigenvalue weighted by molar-refractivity contribution is 7.91. The van der Waals surface area contributed by atoms with Crippen molar-refractivity contribution in [2.24, 2.45) is 0 Å². The minimum absolute atomic E-state index is 0.0998. The van der Waals surface area contributed by atoms with Gasteiger partial charge in [0.25, 0.3) is 0 Å². The molecule has 0 spiro atoms. The van der Waals surface area contributed by atoms with E-state index in [9.17, 15) is 17.2 Å². The number of hydrogen-bond donors (Lipinski definition) is 1. The second kappa shape index (κ2) is 6.85. The van der Waals surface area contributed by atoms with Gasteiger partial charge in [-0.15, -0.1) is 0 Å². The van der Waals surface area contributed by atoms with E-state index in [1.165, 1.54) is 12.1 Å². The Morgan fingerprint density at radius 3 is 2.32 bits per heavy atom. The summed E-state index contributed by atoms with van der Waals surface area (Å²) in [7, 11) is -4.57. The first-order valence-corrected chi connectivity index (χ1v) is 7.91. The second-order valence-corrected chi connectivity index (χ2v) is 6.46. The van der Waals surface area contributed by atoms with Crippen molar-refractivity contribution in [3.63, 3.8) is 0 Å². The van der Waals surface area contributed by atoms with E-state index in [0.717, 1.165) is 12.1 Å². The molecule has 0 radical (unpaired) electrons. The van der Waals surface area contributed by atoms with Crippen LogP contribution in [0.2, 0.25) is 0 Å². The zero-order valence-corrected chi connectivity index (χ0v) is 12.3. The first kappa shape index (κ1) is 16.4. The molecule has 2 rings (SSSR count). The van der Waals surface area contributed by atoms with E-state index in [1.54, 1.807) is 24.3 Å². The molecule has 0 saturated heterocycles. The fourth-order valence-electron chi connectivity index (χ4n) is 1.78. The van der Waals surface area contributed by atoms with Crippen LogP contribution in [0.15, 0.2) is 53.4 Å². The van der Waals surface area contributed by atoms with Gasteiger partial charge in [0, 0.05) is 0 Å². The van der Waals surface area contributed by atoms with Crippen LogP contribution in [0.4, 0.5) is 8.78 Å². The lowest BCUT2D eigenvalue weighted by Crippen LogP contribution is -2.11. The van der Waals surface area contributed by atoms with Crippen molar-refractivity contribution in [1.29, 1.82) is 0 Å². The Hall–Kier alpha value is -1.99. The average molecular weight is 328 g/mol. The molecule has 0 aliphatic heterocycles. The highest BCUT2D eigenvalue weighted by Crippen LogP contribution is 2.20. The third-order valence-electron chi connectivity index (χ3n) is 2.97. The number of ether oxygens (including phenoxy) is 1. The fourth-order valence-corrected chi connectivity index (χ4v) is 2.50. The summed E-state index contributed by atoms with van der Waals surface area (Å²) in [4.78, 5) is -0.423. The Labute approximate surface area is 126 Å². The van der Waals surface area contributed by atoms with Gasteiger partial charge in [-0.25, -0.2) is 8.42 Å². The van der Waals surface area contributed by atoms with Crippen LogP contribution >= 0.6 is 0 Å². The molecule has 0 unspecified atom stereocenters. The number of rotatable bonds is 6. The molecular weight excluding hydrogens is 314 g/mol. The molecule has 0 saturated carbocycles. The maximum atomic E-state index is 12.4. The summed E-state index contributed by atoms with van der Waals surface area (Å²) in [6.07, 6.45) is 0. The summed E-state index contributed by atoms with van der Waals surface area (Å²) >= 11 is 0. The molecule has 0 amide bonds. The van der Waals surface area contributed by atoms with Gasteiger partial charge in [-0.05, 0) is 35.4 Å². The van der Waals surface area contributed by atoms with E-state index in [1.807, 2.05) is 0 Å². The van der Waals surface area contributed by atoms with Gasteiger partial charge in [0.1, 0.15) is 12.4 Å². The Balaban J connectivity index is 2.05. The van der Waals surface area contributed by atoms with Crippen LogP contribution in [0.25, 0.3) is 0 Å². The van der Waals surface area contributed by atoms with Gasteiger partial charge < -0.3 is 9.84 Å². The molecule has 1 N–H and O–H groups in total. The topological polar surface area (TPSA) is 63.6 Å². The van der Waals surface area contributed by atoms with E-state index >= 15 is 0 Å². The molecule has 22 heavy (non-hydrogen) atoms. The van der Waals surface area contributed by atoms with Crippen molar-refractivity contribution in [1.82, 2.24) is 0 Å². The molecule has 0 bridgehead atoms. The summed E-state index contributed by atoms with van der Waals surface area (Å²) in [5.41, 5.74) is 1.35. The van der Waals surface area contributed by atoms with Crippen molar-refractivity contribution in [2.75, 3.05) is 0 Å². The van der Waals surface area contributed by atoms with Gasteiger partial charge in [-0.3, -0.25) is 0 Å². The van der Waals surface area contributed by atoms with E-state index in [2.05, 4.69) is 0 Å². The van der Waals surface area contributed by atoms with Crippen molar-refractivity contribution >= 4 is 9.84 Å². The molecular formula is C15H14F2O4S. The van der Waals surface area contributed by atoms with Gasteiger partial charge in [0.05, 0.1) is 11.5 Å². The van der Waals surface area contributed by atoms with Gasteiger partial charge >= 0.3 is 5.76 Å². The number of hydrogen-bond acceptors (Lipinski definition) is 4. The zero-order chi connectivity index (χ0) is 16.2. The van der Waals surface area contributed by atoms with Gasteiger partial charge in [-0.1, -0.05) is 24.3 Å². The number of aliphatic hydroxyl groups is 1. The van der Waals surface area contributed by atoms with Crippen molar-refractivity contribution in [3.05, 3.63) is 59.7 Å². The van der Waals surface area contributed by atoms with Crippen LogP contribution in [-0.4, -0.2) is 19.3 Å². The maximum absolute atomic E-state index is 12.4. The highest BCUT2D eigenvalue weighted by Gasteiger charge is 2.26. The molecule has 0 aliphatic rings. The van der Waals surface area contributed by atoms with Crippen LogP contribution in [0.5, 0.6) is 5.75 Å². The lowest BCUT2D eigenvalue weighted by Gasteiger charge is -2.08. The molecule has 0 atom stereocenters. The van der Waals surface area contributed by atoms with E-state index in [-0.39, 0.29) is 13.2 Å². The van der Waals surface area contributed by atoms with E-state index < -0.39 is 20.5 Å². The predicted molar refractivity (Wildman–Crippen MR) is 76.3 cm³/mol. The minimum Gasteiger partial charge on any atom is -0.489 e. The van der Waals surface area contributed by atoms with Crippen molar-refractivity contribution in [3.8, 4) is 5.75 Å². The predicted octanol–water partition coefficient (Wildman–Crippen LogP) is 2.75. The Bertz CT molecular complexity index is 727. The molecule has 0 fully saturated rings. The lowest BCUT2D eigenvalue weighted by molar-refractivity contribution is 0.234. The third kappa shape index (κ3) is 3.80. The summed E-state index contributed by atoms with van der Waals surface area (Å²) < 4.78 is 52.9. The quantitative estimate of drug-likeness (QED) is 0.886. The summed E-state index contributed by atoms with van der Waals surface area (Å²) in [5.74, 6) is -2.88. The standard InChI is InChI=1S/C15H14F2O4S/c16-15(17)22(19,20)14-6-4-11(5-7-14)10-21-13-3-1-2-12(8-13)9-18/h1-8,15,18H,9-10H2. The Kier molecular flexibility index (Phi) is 5.10. The highest BCUT2D eigenvalue weighted by atomic mass is 32.2. The first-order chi connectivity index (χ1) is 10.4. The molecule has 0 aromatic heterocycles. The van der Waals surface area contributed by atoms with Gasteiger partial charge in [-0.2, -0.15) is 8.78 Å². The Morgan fingerprint density at radius 1 is 1.05 bits per heavy atom. The first-order valence-electron chi connectivity index (χ1n) is 6.37. The molecule has 118 valence electrons. The van der Waals surface area contributed by atoms with Crippen LogP contribution in [0.1, 0.15) is 11.1 Å². The smallest absolute Gasteiger partial charge is 0.341 e. The second-order valence-electron chi connectivity index (χ2n) is 4.54. The fraction of sp³-hybridized carbons (Fsp3) is 0.200. The molecule has 7 heteroatoms. The van der Waals surface area contributed by atoms with E-state index in [4.69, 9.17) is 9.84 Å². The molecule has 0 heterocycles. The molecule has 2 aromatic rings. The number of halogens is 2. The molecule has 2 aromatic carbocycles. The van der Waals surface area contributed by atoms with Crippen LogP contribution in [-0.2, 0) is 23.1 Å².